The lowest BCUT2D eigenvalue weighted by Gasteiger charge is -2.21. The molecule has 1 saturated heterocycles. The van der Waals surface area contributed by atoms with E-state index in [1.54, 1.807) is 12.3 Å². The summed E-state index contributed by atoms with van der Waals surface area (Å²) in [7, 11) is 0. The molecule has 0 spiro atoms. The third-order valence-electron chi connectivity index (χ3n) is 4.44. The highest BCUT2D eigenvalue weighted by molar-refractivity contribution is 5.92. The molecule has 2 heterocycles. The topological polar surface area (TPSA) is 63.2 Å². The predicted molar refractivity (Wildman–Crippen MR) is 94.5 cm³/mol. The van der Waals surface area contributed by atoms with Gasteiger partial charge in [0.15, 0.2) is 0 Å². The Morgan fingerprint density at radius 1 is 1.29 bits per heavy atom. The van der Waals surface area contributed by atoms with Crippen molar-refractivity contribution in [3.8, 4) is 11.6 Å². The maximum atomic E-state index is 12.2. The molecule has 3 rings (SSSR count). The molecule has 1 unspecified atom stereocenters. The van der Waals surface area contributed by atoms with Crippen molar-refractivity contribution < 1.29 is 9.53 Å². The number of rotatable bonds is 4. The summed E-state index contributed by atoms with van der Waals surface area (Å²) in [6.07, 6.45) is 3.60. The Bertz CT molecular complexity index is 707. The van der Waals surface area contributed by atoms with E-state index in [9.17, 15) is 4.79 Å². The van der Waals surface area contributed by atoms with E-state index in [4.69, 9.17) is 4.74 Å². The van der Waals surface area contributed by atoms with Crippen molar-refractivity contribution in [2.75, 3.05) is 18.4 Å². The van der Waals surface area contributed by atoms with Crippen molar-refractivity contribution in [2.45, 2.75) is 26.7 Å². The summed E-state index contributed by atoms with van der Waals surface area (Å²) in [5.41, 5.74) is 2.97. The van der Waals surface area contributed by atoms with Gasteiger partial charge in [0.05, 0.1) is 17.8 Å². The van der Waals surface area contributed by atoms with Gasteiger partial charge in [-0.2, -0.15) is 0 Å². The lowest BCUT2D eigenvalue weighted by Crippen LogP contribution is -2.37. The molecule has 0 saturated carbocycles. The van der Waals surface area contributed by atoms with Gasteiger partial charge >= 0.3 is 0 Å². The van der Waals surface area contributed by atoms with E-state index in [2.05, 4.69) is 15.6 Å². The van der Waals surface area contributed by atoms with Gasteiger partial charge in [0.25, 0.3) is 0 Å². The summed E-state index contributed by atoms with van der Waals surface area (Å²) < 4.78 is 5.83. The third kappa shape index (κ3) is 3.92. The van der Waals surface area contributed by atoms with E-state index in [1.807, 2.05) is 38.1 Å². The Kier molecular flexibility index (Phi) is 5.11. The number of nitrogens with zero attached hydrogens (tertiary/aromatic N) is 1. The normalized spacial score (nSPS) is 17.3. The number of hydrogen-bond donors (Lipinski definition) is 2. The molecule has 5 heteroatoms. The number of pyridine rings is 1. The molecule has 1 fully saturated rings. The maximum Gasteiger partial charge on any atom is 0.228 e. The fourth-order valence-corrected chi connectivity index (χ4v) is 2.78. The zero-order valence-corrected chi connectivity index (χ0v) is 14.1. The van der Waals surface area contributed by atoms with Crippen LogP contribution >= 0.6 is 0 Å². The molecular weight excluding hydrogens is 302 g/mol. The average Bonchev–Trinajstić information content (AvgIpc) is 2.61. The lowest BCUT2D eigenvalue weighted by atomic mass is 9.99. The van der Waals surface area contributed by atoms with Gasteiger partial charge in [-0.3, -0.25) is 4.79 Å². The van der Waals surface area contributed by atoms with Gasteiger partial charge in [0, 0.05) is 12.6 Å². The summed E-state index contributed by atoms with van der Waals surface area (Å²) in [6.45, 7) is 5.81. The van der Waals surface area contributed by atoms with Crippen LogP contribution in [0.5, 0.6) is 11.6 Å². The van der Waals surface area contributed by atoms with Crippen LogP contribution in [0.4, 0.5) is 5.69 Å². The fraction of sp³-hybridized carbons (Fsp3) is 0.368. The Labute approximate surface area is 142 Å². The molecule has 2 aromatic rings. The third-order valence-corrected chi connectivity index (χ3v) is 4.44. The first-order valence-corrected chi connectivity index (χ1v) is 8.35. The van der Waals surface area contributed by atoms with Crippen LogP contribution in [0.3, 0.4) is 0 Å². The number of piperidine rings is 1. The van der Waals surface area contributed by atoms with Gasteiger partial charge in [0.1, 0.15) is 5.75 Å². The number of carbonyl (C=O) groups is 1. The van der Waals surface area contributed by atoms with E-state index < -0.39 is 0 Å². The van der Waals surface area contributed by atoms with Gasteiger partial charge in [-0.1, -0.05) is 12.1 Å². The second-order valence-corrected chi connectivity index (χ2v) is 6.22. The van der Waals surface area contributed by atoms with Crippen LogP contribution in [0.15, 0.2) is 36.5 Å². The standard InChI is InChI=1S/C19H23N3O2/c1-13-5-3-7-17(14(13)2)24-18-9-8-16(12-21-18)22-19(23)15-6-4-10-20-11-15/h3,5,7-9,12,15,20H,4,6,10-11H2,1-2H3,(H,22,23). The van der Waals surface area contributed by atoms with Crippen LogP contribution in [0, 0.1) is 19.8 Å². The highest BCUT2D eigenvalue weighted by Gasteiger charge is 2.20. The van der Waals surface area contributed by atoms with Crippen molar-refractivity contribution in [1.82, 2.24) is 10.3 Å². The number of carbonyl (C=O) groups excluding carboxylic acids is 1. The molecular formula is C19H23N3O2. The van der Waals surface area contributed by atoms with E-state index in [0.717, 1.165) is 37.2 Å². The largest absolute Gasteiger partial charge is 0.439 e. The quantitative estimate of drug-likeness (QED) is 0.904. The minimum Gasteiger partial charge on any atom is -0.439 e. The van der Waals surface area contributed by atoms with Crippen molar-refractivity contribution in [1.29, 1.82) is 0 Å². The van der Waals surface area contributed by atoms with Gasteiger partial charge in [-0.15, -0.1) is 0 Å². The molecule has 1 aliphatic heterocycles. The summed E-state index contributed by atoms with van der Waals surface area (Å²) in [5, 5.41) is 6.18. The van der Waals surface area contributed by atoms with Crippen molar-refractivity contribution in [3.63, 3.8) is 0 Å². The fourth-order valence-electron chi connectivity index (χ4n) is 2.78. The van der Waals surface area contributed by atoms with E-state index >= 15 is 0 Å². The van der Waals surface area contributed by atoms with Gasteiger partial charge < -0.3 is 15.4 Å². The van der Waals surface area contributed by atoms with E-state index in [0.29, 0.717) is 11.6 Å². The lowest BCUT2D eigenvalue weighted by molar-refractivity contribution is -0.120. The number of hydrogen-bond acceptors (Lipinski definition) is 4. The molecule has 1 aromatic carbocycles. The van der Waals surface area contributed by atoms with E-state index in [-0.39, 0.29) is 11.8 Å². The number of anilines is 1. The first kappa shape index (κ1) is 16.5. The number of amides is 1. The van der Waals surface area contributed by atoms with E-state index in [1.165, 1.54) is 5.56 Å². The molecule has 5 nitrogen and oxygen atoms in total. The predicted octanol–water partition coefficient (Wildman–Crippen LogP) is 3.43. The van der Waals surface area contributed by atoms with Crippen LogP contribution in [-0.2, 0) is 4.79 Å². The number of benzene rings is 1. The first-order valence-electron chi connectivity index (χ1n) is 8.35. The maximum absolute atomic E-state index is 12.2. The highest BCUT2D eigenvalue weighted by Crippen LogP contribution is 2.26. The molecule has 1 amide bonds. The minimum atomic E-state index is 0.0321. The summed E-state index contributed by atoms with van der Waals surface area (Å²) in [6, 6.07) is 9.53. The number of ether oxygens (including phenoxy) is 1. The summed E-state index contributed by atoms with van der Waals surface area (Å²) in [4.78, 5) is 16.5. The van der Waals surface area contributed by atoms with Gasteiger partial charge in [-0.25, -0.2) is 4.98 Å². The molecule has 1 atom stereocenters. The molecule has 0 radical (unpaired) electrons. The molecule has 1 aliphatic rings. The summed E-state index contributed by atoms with van der Waals surface area (Å²) >= 11 is 0. The highest BCUT2D eigenvalue weighted by atomic mass is 16.5. The van der Waals surface area contributed by atoms with Crippen molar-refractivity contribution in [2.24, 2.45) is 5.92 Å². The SMILES string of the molecule is Cc1cccc(Oc2ccc(NC(=O)C3CCCNC3)cn2)c1C. The smallest absolute Gasteiger partial charge is 0.228 e. The van der Waals surface area contributed by atoms with Crippen molar-refractivity contribution in [3.05, 3.63) is 47.7 Å². The molecule has 0 aliphatic carbocycles. The second-order valence-electron chi connectivity index (χ2n) is 6.22. The number of nitrogens with one attached hydrogen (secondary N) is 2. The Hall–Kier alpha value is -2.40. The molecule has 0 bridgehead atoms. The zero-order chi connectivity index (χ0) is 16.9. The van der Waals surface area contributed by atoms with Gasteiger partial charge in [-0.05, 0) is 56.5 Å². The molecule has 24 heavy (non-hydrogen) atoms. The molecule has 1 aromatic heterocycles. The number of aromatic nitrogens is 1. The monoisotopic (exact) mass is 325 g/mol. The molecule has 2 N–H and O–H groups in total. The first-order chi connectivity index (χ1) is 11.6. The Morgan fingerprint density at radius 2 is 2.17 bits per heavy atom. The Morgan fingerprint density at radius 3 is 2.88 bits per heavy atom. The zero-order valence-electron chi connectivity index (χ0n) is 14.1. The van der Waals surface area contributed by atoms with Gasteiger partial charge in [0.2, 0.25) is 11.8 Å². The summed E-state index contributed by atoms with van der Waals surface area (Å²) in [5.74, 6) is 1.39. The van der Waals surface area contributed by atoms with Crippen LogP contribution < -0.4 is 15.4 Å². The van der Waals surface area contributed by atoms with Crippen LogP contribution in [0.1, 0.15) is 24.0 Å². The van der Waals surface area contributed by atoms with Crippen LogP contribution in [0.25, 0.3) is 0 Å². The molecule has 126 valence electrons. The average molecular weight is 325 g/mol. The van der Waals surface area contributed by atoms with Crippen LogP contribution in [0.2, 0.25) is 0 Å². The van der Waals surface area contributed by atoms with Crippen molar-refractivity contribution >= 4 is 11.6 Å². The minimum absolute atomic E-state index is 0.0321. The Balaban J connectivity index is 1.62. The number of aryl methyl sites for hydroxylation is 1. The van der Waals surface area contributed by atoms with Crippen LogP contribution in [-0.4, -0.2) is 24.0 Å². The second kappa shape index (κ2) is 7.45.